The van der Waals surface area contributed by atoms with E-state index >= 15 is 0 Å². The average molecular weight is 921 g/mol. The molecule has 12 rings (SSSR count). The monoisotopic (exact) mass is 920 g/mol. The number of hydrogen-bond acceptors (Lipinski definition) is 2. The fraction of sp³-hybridized carbons (Fsp3) is 0.0286. The molecule has 0 aliphatic rings. The third-order valence-corrected chi connectivity index (χ3v) is 14.1. The zero-order valence-electron chi connectivity index (χ0n) is 40.5. The van der Waals surface area contributed by atoms with E-state index in [9.17, 15) is 0 Å². The lowest BCUT2D eigenvalue weighted by atomic mass is 9.96. The summed E-state index contributed by atoms with van der Waals surface area (Å²) in [5.74, 6) is 0. The van der Waals surface area contributed by atoms with E-state index in [4.69, 9.17) is 0 Å². The van der Waals surface area contributed by atoms with Crippen molar-refractivity contribution in [1.29, 1.82) is 0 Å². The zero-order valence-corrected chi connectivity index (χ0v) is 40.5. The number of para-hydroxylation sites is 2. The van der Waals surface area contributed by atoms with Crippen LogP contribution in [-0.2, 0) is 0 Å². The molecule has 0 atom stereocenters. The number of aryl methyl sites for hydroxylation is 2. The Morgan fingerprint density at radius 3 is 0.931 bits per heavy atom. The molecule has 0 unspecified atom stereocenters. The van der Waals surface area contributed by atoms with Gasteiger partial charge in [-0.3, -0.25) is 0 Å². The van der Waals surface area contributed by atoms with Crippen LogP contribution in [0.2, 0.25) is 0 Å². The Morgan fingerprint density at radius 1 is 0.208 bits per heavy atom. The van der Waals surface area contributed by atoms with Crippen LogP contribution in [0.25, 0.3) is 77.2 Å². The van der Waals surface area contributed by atoms with Gasteiger partial charge in [-0.15, -0.1) is 0 Å². The molecule has 0 aliphatic carbocycles. The minimum absolute atomic E-state index is 1.10. The van der Waals surface area contributed by atoms with Gasteiger partial charge in [0.25, 0.3) is 0 Å². The number of benzene rings is 12. The van der Waals surface area contributed by atoms with E-state index in [1.807, 2.05) is 0 Å². The third kappa shape index (κ3) is 8.61. The van der Waals surface area contributed by atoms with E-state index in [0.29, 0.717) is 0 Å². The maximum absolute atomic E-state index is 2.43. The topological polar surface area (TPSA) is 6.48 Å². The van der Waals surface area contributed by atoms with E-state index in [0.717, 1.165) is 34.1 Å². The summed E-state index contributed by atoms with van der Waals surface area (Å²) in [5.41, 5.74) is 20.9. The predicted octanol–water partition coefficient (Wildman–Crippen LogP) is 19.9. The normalized spacial score (nSPS) is 11.2. The van der Waals surface area contributed by atoms with Crippen LogP contribution in [0.4, 0.5) is 34.1 Å². The van der Waals surface area contributed by atoms with Gasteiger partial charge in [0.2, 0.25) is 0 Å². The number of anilines is 6. The van der Waals surface area contributed by atoms with Crippen LogP contribution < -0.4 is 9.80 Å². The molecular weight excluding hydrogens is 869 g/mol. The third-order valence-electron chi connectivity index (χ3n) is 14.1. The van der Waals surface area contributed by atoms with Gasteiger partial charge >= 0.3 is 0 Å². The lowest BCUT2D eigenvalue weighted by Crippen LogP contribution is -2.13. The molecule has 0 bridgehead atoms. The van der Waals surface area contributed by atoms with Gasteiger partial charge in [0.1, 0.15) is 0 Å². The molecule has 12 aromatic carbocycles. The van der Waals surface area contributed by atoms with Gasteiger partial charge in [-0.25, -0.2) is 0 Å². The lowest BCUT2D eigenvalue weighted by molar-refractivity contribution is 1.24. The summed E-state index contributed by atoms with van der Waals surface area (Å²) in [6, 6.07) is 102. The van der Waals surface area contributed by atoms with Crippen molar-refractivity contribution in [3.63, 3.8) is 0 Å². The second-order valence-corrected chi connectivity index (χ2v) is 18.7. The maximum Gasteiger partial charge on any atom is 0.0540 e. The van der Waals surface area contributed by atoms with Crippen molar-refractivity contribution < 1.29 is 0 Å². The summed E-state index contributed by atoms with van der Waals surface area (Å²) in [5, 5.41) is 4.92. The predicted molar refractivity (Wildman–Crippen MR) is 307 cm³/mol. The molecule has 2 nitrogen and oxygen atoms in total. The van der Waals surface area contributed by atoms with Crippen LogP contribution in [0.15, 0.2) is 279 Å². The molecule has 2 heteroatoms. The summed E-state index contributed by atoms with van der Waals surface area (Å²) in [7, 11) is 0. The Hall–Kier alpha value is -9.24. The first kappa shape index (κ1) is 44.0. The van der Waals surface area contributed by atoms with E-state index in [1.165, 1.54) is 88.3 Å². The van der Waals surface area contributed by atoms with Crippen molar-refractivity contribution >= 4 is 55.7 Å². The molecule has 0 saturated heterocycles. The zero-order chi connectivity index (χ0) is 48.4. The van der Waals surface area contributed by atoms with Gasteiger partial charge in [-0.2, -0.15) is 0 Å². The molecule has 12 aromatic rings. The molecule has 0 saturated carbocycles. The SMILES string of the molecule is Cc1cc(-c2ccc(N(c3ccc(-c4ccccc4)cc3)c3ccccc3-c3ccc4ccccc4c3)c(C)c2)ccc1N(c1ccc(-c2ccccc2)cc1)c1ccccc1-c1ccc2ccccc2c1. The van der Waals surface area contributed by atoms with Crippen molar-refractivity contribution in [2.75, 3.05) is 9.80 Å². The maximum atomic E-state index is 2.43. The van der Waals surface area contributed by atoms with Crippen molar-refractivity contribution in [2.45, 2.75) is 13.8 Å². The number of hydrogen-bond donors (Lipinski definition) is 0. The van der Waals surface area contributed by atoms with Crippen LogP contribution in [-0.4, -0.2) is 0 Å². The van der Waals surface area contributed by atoms with Crippen molar-refractivity contribution in [3.8, 4) is 55.6 Å². The fourth-order valence-corrected chi connectivity index (χ4v) is 10.4. The minimum Gasteiger partial charge on any atom is -0.310 e. The Kier molecular flexibility index (Phi) is 11.8. The number of nitrogens with zero attached hydrogens (tertiary/aromatic N) is 2. The quantitative estimate of drug-likeness (QED) is 0.128. The lowest BCUT2D eigenvalue weighted by Gasteiger charge is -2.30. The highest BCUT2D eigenvalue weighted by atomic mass is 15.2. The van der Waals surface area contributed by atoms with Crippen LogP contribution in [0.3, 0.4) is 0 Å². The fourth-order valence-electron chi connectivity index (χ4n) is 10.4. The van der Waals surface area contributed by atoms with Crippen LogP contribution in [0.5, 0.6) is 0 Å². The standard InChI is InChI=1S/C70H52N2/c1-49-45-59(37-43-67(49)71(63-39-33-55(34-40-63)51-17-5-3-6-18-51)69-27-15-13-25-65(69)61-31-29-53-21-9-11-23-57(53)47-61)60-38-44-68(50(2)46-60)72(64-41-35-56(36-42-64)52-19-7-4-8-20-52)70-28-16-14-26-66(70)62-32-30-54-22-10-12-24-58(54)48-62/h3-48H,1-2H3. The summed E-state index contributed by atoms with van der Waals surface area (Å²) < 4.78 is 0. The molecule has 0 radical (unpaired) electrons. The summed E-state index contributed by atoms with van der Waals surface area (Å²) in [4.78, 5) is 4.86. The number of fused-ring (bicyclic) bond motifs is 2. The largest absolute Gasteiger partial charge is 0.310 e. The van der Waals surface area contributed by atoms with Crippen LogP contribution >= 0.6 is 0 Å². The van der Waals surface area contributed by atoms with Crippen molar-refractivity contribution in [3.05, 3.63) is 290 Å². The first-order valence-electron chi connectivity index (χ1n) is 24.8. The van der Waals surface area contributed by atoms with E-state index < -0.39 is 0 Å². The molecule has 0 spiro atoms. The molecule has 0 heterocycles. The van der Waals surface area contributed by atoms with Gasteiger partial charge in [0, 0.05) is 33.9 Å². The van der Waals surface area contributed by atoms with Gasteiger partial charge in [-0.1, -0.05) is 206 Å². The van der Waals surface area contributed by atoms with E-state index in [2.05, 4.69) is 303 Å². The average Bonchev–Trinajstić information content (AvgIpc) is 3.45. The Bertz CT molecular complexity index is 3620. The highest BCUT2D eigenvalue weighted by molar-refractivity contribution is 5.96. The summed E-state index contributed by atoms with van der Waals surface area (Å²) in [6.07, 6.45) is 0. The second kappa shape index (κ2) is 19.3. The summed E-state index contributed by atoms with van der Waals surface area (Å²) >= 11 is 0. The van der Waals surface area contributed by atoms with Gasteiger partial charge in [0.05, 0.1) is 11.4 Å². The molecule has 72 heavy (non-hydrogen) atoms. The summed E-state index contributed by atoms with van der Waals surface area (Å²) in [6.45, 7) is 4.49. The smallest absolute Gasteiger partial charge is 0.0540 e. The van der Waals surface area contributed by atoms with Crippen LogP contribution in [0, 0.1) is 13.8 Å². The molecule has 0 aromatic heterocycles. The van der Waals surface area contributed by atoms with Gasteiger partial charge in [0.15, 0.2) is 0 Å². The van der Waals surface area contributed by atoms with Crippen molar-refractivity contribution in [2.24, 2.45) is 0 Å². The highest BCUT2D eigenvalue weighted by Crippen LogP contribution is 2.46. The second-order valence-electron chi connectivity index (χ2n) is 18.7. The van der Waals surface area contributed by atoms with E-state index in [1.54, 1.807) is 0 Å². The van der Waals surface area contributed by atoms with Gasteiger partial charge in [-0.05, 0) is 164 Å². The van der Waals surface area contributed by atoms with Gasteiger partial charge < -0.3 is 9.80 Å². The molecule has 0 amide bonds. The van der Waals surface area contributed by atoms with Crippen LogP contribution in [0.1, 0.15) is 11.1 Å². The molecule has 0 N–H and O–H groups in total. The first-order chi connectivity index (χ1) is 35.5. The highest BCUT2D eigenvalue weighted by Gasteiger charge is 2.22. The Labute approximate surface area is 423 Å². The Balaban J connectivity index is 0.944. The molecule has 342 valence electrons. The Morgan fingerprint density at radius 2 is 0.528 bits per heavy atom. The number of rotatable bonds is 11. The van der Waals surface area contributed by atoms with E-state index in [-0.39, 0.29) is 0 Å². The molecule has 0 fully saturated rings. The first-order valence-corrected chi connectivity index (χ1v) is 24.8. The molecule has 0 aliphatic heterocycles. The van der Waals surface area contributed by atoms with Crippen molar-refractivity contribution in [1.82, 2.24) is 0 Å². The molecular formula is C70H52N2. The minimum atomic E-state index is 1.10.